The van der Waals surface area contributed by atoms with Crippen LogP contribution in [0.4, 0.5) is 11.5 Å². The fourth-order valence-electron chi connectivity index (χ4n) is 6.16. The Balaban J connectivity index is 1.64. The third-order valence-corrected chi connectivity index (χ3v) is 10.7. The number of amides is 1. The zero-order chi connectivity index (χ0) is 34.7. The van der Waals surface area contributed by atoms with Gasteiger partial charge in [0.1, 0.15) is 11.9 Å². The van der Waals surface area contributed by atoms with E-state index in [1.807, 2.05) is 39.0 Å². The highest BCUT2D eigenvalue weighted by atomic mass is 32.2. The molecule has 12 heteroatoms. The van der Waals surface area contributed by atoms with Crippen LogP contribution in [0.1, 0.15) is 64.3 Å². The summed E-state index contributed by atoms with van der Waals surface area (Å²) in [6.45, 7) is 9.29. The van der Waals surface area contributed by atoms with Gasteiger partial charge in [-0.15, -0.1) is 0 Å². The minimum Gasteiger partial charge on any atom is -0.490 e. The Bertz CT molecular complexity index is 1930. The molecule has 0 saturated carbocycles. The number of rotatable bonds is 12. The van der Waals surface area contributed by atoms with Crippen LogP contribution < -0.4 is 20.5 Å². The molecule has 0 bridgehead atoms. The molecule has 5 rings (SSSR count). The number of nitrogens with one attached hydrogen (secondary N) is 1. The molecule has 48 heavy (non-hydrogen) atoms. The third kappa shape index (κ3) is 6.89. The van der Waals surface area contributed by atoms with Crippen molar-refractivity contribution >= 4 is 44.0 Å². The van der Waals surface area contributed by atoms with Crippen LogP contribution in [0.25, 0.3) is 10.8 Å². The maximum atomic E-state index is 14.9. The van der Waals surface area contributed by atoms with Crippen molar-refractivity contribution in [2.45, 2.75) is 69.4 Å². The quantitative estimate of drug-likeness (QED) is 0.162. The summed E-state index contributed by atoms with van der Waals surface area (Å²) in [5.41, 5.74) is 7.53. The Morgan fingerprint density at radius 3 is 2.48 bits per heavy atom. The summed E-state index contributed by atoms with van der Waals surface area (Å²) in [6.07, 6.45) is 1.64. The molecule has 254 valence electrons. The molecule has 4 N–H and O–H groups in total. The normalized spacial score (nSPS) is 17.1. The van der Waals surface area contributed by atoms with E-state index in [1.165, 1.54) is 11.0 Å². The number of anilines is 2. The van der Waals surface area contributed by atoms with Gasteiger partial charge in [0.15, 0.2) is 21.3 Å². The van der Waals surface area contributed by atoms with Crippen LogP contribution in [0.15, 0.2) is 77.8 Å². The smallest absolute Gasteiger partial charge is 0.309 e. The first-order chi connectivity index (χ1) is 22.8. The fourth-order valence-corrected chi connectivity index (χ4v) is 7.45. The van der Waals surface area contributed by atoms with Crippen molar-refractivity contribution in [1.29, 1.82) is 0 Å². The van der Waals surface area contributed by atoms with Crippen LogP contribution in [0.5, 0.6) is 11.5 Å². The van der Waals surface area contributed by atoms with Crippen molar-refractivity contribution in [1.82, 2.24) is 9.88 Å². The van der Waals surface area contributed by atoms with Gasteiger partial charge in [-0.3, -0.25) is 9.59 Å². The Labute approximate surface area is 281 Å². The van der Waals surface area contributed by atoms with Gasteiger partial charge in [-0.05, 0) is 100 Å². The average molecular weight is 675 g/mol. The summed E-state index contributed by atoms with van der Waals surface area (Å²) in [4.78, 5) is 33.2. The number of aliphatic carboxylic acids is 1. The van der Waals surface area contributed by atoms with Gasteiger partial charge in [0.2, 0.25) is 5.91 Å². The summed E-state index contributed by atoms with van der Waals surface area (Å²) < 4.78 is 38.9. The zero-order valence-corrected chi connectivity index (χ0v) is 28.5. The summed E-state index contributed by atoms with van der Waals surface area (Å²) in [5.74, 6) is -1.19. The summed E-state index contributed by atoms with van der Waals surface area (Å²) in [7, 11) is -3.81. The second-order valence-corrected chi connectivity index (χ2v) is 14.8. The van der Waals surface area contributed by atoms with Crippen LogP contribution in [-0.4, -0.2) is 59.8 Å². The molecule has 11 nitrogen and oxygen atoms in total. The number of carbonyl (C=O) groups is 2. The molecule has 1 fully saturated rings. The minimum absolute atomic E-state index is 0.0232. The van der Waals surface area contributed by atoms with E-state index in [-0.39, 0.29) is 29.5 Å². The predicted octanol–water partition coefficient (Wildman–Crippen LogP) is 6.01. The molecular formula is C36H42N4O7S. The van der Waals surface area contributed by atoms with Crippen LogP contribution >= 0.6 is 0 Å². The van der Waals surface area contributed by atoms with Gasteiger partial charge < -0.3 is 30.5 Å². The van der Waals surface area contributed by atoms with Crippen molar-refractivity contribution < 1.29 is 32.6 Å². The first kappa shape index (κ1) is 34.5. The number of hydrogen-bond donors (Lipinski definition) is 3. The lowest BCUT2D eigenvalue weighted by Gasteiger charge is -2.33. The number of aromatic nitrogens is 1. The number of benzene rings is 3. The van der Waals surface area contributed by atoms with Gasteiger partial charge >= 0.3 is 5.97 Å². The van der Waals surface area contributed by atoms with Crippen molar-refractivity contribution in [2.24, 2.45) is 5.92 Å². The monoisotopic (exact) mass is 674 g/mol. The van der Waals surface area contributed by atoms with E-state index in [9.17, 15) is 23.1 Å². The maximum Gasteiger partial charge on any atom is 0.309 e. The average Bonchev–Trinajstić information content (AvgIpc) is 3.50. The SMILES string of the molecule is CCOc1cc([C@@H](Nc2ccc3c(N)nccc3c2)C(=O)N2CCC(C(=O)O)C2c2ccccc2S(=O)(=O)C(C)C)ccc1OC(C)C. The number of pyridine rings is 1. The Hall–Kier alpha value is -4.84. The fraction of sp³-hybridized carbons (Fsp3) is 0.361. The van der Waals surface area contributed by atoms with Crippen molar-refractivity contribution in [3.63, 3.8) is 0 Å². The molecule has 0 radical (unpaired) electrons. The Morgan fingerprint density at radius 1 is 1.04 bits per heavy atom. The van der Waals surface area contributed by atoms with E-state index in [0.717, 1.165) is 10.8 Å². The number of nitrogens with two attached hydrogens (primary N) is 1. The topological polar surface area (TPSA) is 161 Å². The van der Waals surface area contributed by atoms with E-state index in [1.54, 1.807) is 62.5 Å². The lowest BCUT2D eigenvalue weighted by atomic mass is 9.93. The molecule has 1 saturated heterocycles. The van der Waals surface area contributed by atoms with E-state index in [0.29, 0.717) is 35.2 Å². The Kier molecular flexibility index (Phi) is 10.1. The number of sulfone groups is 1. The summed E-state index contributed by atoms with van der Waals surface area (Å²) >= 11 is 0. The maximum absolute atomic E-state index is 14.9. The number of nitrogens with zero attached hydrogens (tertiary/aromatic N) is 2. The molecule has 1 aliphatic heterocycles. The molecule has 0 aliphatic carbocycles. The highest BCUT2D eigenvalue weighted by Crippen LogP contribution is 2.43. The molecule has 1 amide bonds. The molecule has 4 aromatic rings. The molecule has 1 aromatic heterocycles. The van der Waals surface area contributed by atoms with Crippen molar-refractivity contribution in [2.75, 3.05) is 24.2 Å². The molecular weight excluding hydrogens is 632 g/mol. The molecule has 0 spiro atoms. The number of ether oxygens (including phenoxy) is 2. The zero-order valence-electron chi connectivity index (χ0n) is 27.7. The van der Waals surface area contributed by atoms with Crippen LogP contribution in [-0.2, 0) is 19.4 Å². The first-order valence-corrected chi connectivity index (χ1v) is 17.6. The highest BCUT2D eigenvalue weighted by Gasteiger charge is 2.46. The molecule has 3 atom stereocenters. The van der Waals surface area contributed by atoms with E-state index in [2.05, 4.69) is 10.3 Å². The lowest BCUT2D eigenvalue weighted by Crippen LogP contribution is -2.40. The van der Waals surface area contributed by atoms with Gasteiger partial charge in [0, 0.05) is 23.8 Å². The summed E-state index contributed by atoms with van der Waals surface area (Å²) in [6, 6.07) is 16.9. The van der Waals surface area contributed by atoms with Crippen LogP contribution in [0, 0.1) is 5.92 Å². The van der Waals surface area contributed by atoms with Crippen molar-refractivity contribution in [3.8, 4) is 11.5 Å². The lowest BCUT2D eigenvalue weighted by molar-refractivity contribution is -0.143. The second-order valence-electron chi connectivity index (χ2n) is 12.4. The number of nitrogen functional groups attached to an aromatic ring is 1. The molecule has 1 aliphatic rings. The molecule has 2 unspecified atom stereocenters. The predicted molar refractivity (Wildman–Crippen MR) is 185 cm³/mol. The van der Waals surface area contributed by atoms with E-state index in [4.69, 9.17) is 15.2 Å². The second kappa shape index (κ2) is 14.1. The van der Waals surface area contributed by atoms with Gasteiger partial charge in [-0.25, -0.2) is 13.4 Å². The number of hydrogen-bond acceptors (Lipinski definition) is 9. The van der Waals surface area contributed by atoms with Crippen molar-refractivity contribution in [3.05, 3.63) is 84.1 Å². The highest BCUT2D eigenvalue weighted by molar-refractivity contribution is 7.92. The molecule has 3 aromatic carbocycles. The number of carboxylic acid groups (broad SMARTS) is 1. The van der Waals surface area contributed by atoms with Gasteiger partial charge in [0.05, 0.1) is 34.8 Å². The number of carbonyl (C=O) groups excluding carboxylic acids is 1. The summed E-state index contributed by atoms with van der Waals surface area (Å²) in [5, 5.41) is 14.5. The van der Waals surface area contributed by atoms with Gasteiger partial charge in [0.25, 0.3) is 0 Å². The number of likely N-dealkylation sites (tertiary alicyclic amines) is 1. The number of carboxylic acids is 1. The van der Waals surface area contributed by atoms with Crippen LogP contribution in [0.3, 0.4) is 0 Å². The van der Waals surface area contributed by atoms with E-state index >= 15 is 0 Å². The Morgan fingerprint density at radius 2 is 1.79 bits per heavy atom. The third-order valence-electron chi connectivity index (χ3n) is 8.48. The van der Waals surface area contributed by atoms with E-state index < -0.39 is 45.0 Å². The molecule has 2 heterocycles. The van der Waals surface area contributed by atoms with Crippen LogP contribution in [0.2, 0.25) is 0 Å². The number of fused-ring (bicyclic) bond motifs is 1. The van der Waals surface area contributed by atoms with Gasteiger partial charge in [-0.2, -0.15) is 0 Å². The minimum atomic E-state index is -3.81. The van der Waals surface area contributed by atoms with Gasteiger partial charge in [-0.1, -0.05) is 24.3 Å². The first-order valence-electron chi connectivity index (χ1n) is 16.0. The standard InChI is InChI=1S/C36H42N4O7S/c1-6-46-30-20-24(11-14-29(30)47-21(2)3)32(39-25-12-13-26-23(19-25)15-17-38-34(26)37)35(41)40-18-16-28(36(42)43)33(40)27-9-7-8-10-31(27)48(44,45)22(4)5/h7-15,17,19-22,28,32-33,39H,6,16,18H2,1-5H3,(H2,37,38)(H,42,43)/t28?,32-,33?/m1/s1. The largest absolute Gasteiger partial charge is 0.490 e.